The molecule has 6 nitrogen and oxygen atoms in total. The van der Waals surface area contributed by atoms with Crippen LogP contribution in [0.5, 0.6) is 5.75 Å². The first-order chi connectivity index (χ1) is 14.9. The van der Waals surface area contributed by atoms with Crippen molar-refractivity contribution in [1.29, 1.82) is 0 Å². The second-order valence-corrected chi connectivity index (χ2v) is 9.42. The first-order valence-corrected chi connectivity index (χ1v) is 11.6. The number of carbonyl (C=O) groups excluding carboxylic acids is 1. The average Bonchev–Trinajstić information content (AvgIpc) is 3.23. The summed E-state index contributed by atoms with van der Waals surface area (Å²) in [6, 6.07) is 20.8. The summed E-state index contributed by atoms with van der Waals surface area (Å²) in [5.41, 5.74) is 2.67. The van der Waals surface area contributed by atoms with E-state index in [1.807, 2.05) is 36.4 Å². The number of nitrogens with zero attached hydrogens (tertiary/aromatic N) is 1. The Morgan fingerprint density at radius 2 is 1.71 bits per heavy atom. The highest BCUT2D eigenvalue weighted by molar-refractivity contribution is 7.92. The van der Waals surface area contributed by atoms with E-state index in [2.05, 4.69) is 5.32 Å². The van der Waals surface area contributed by atoms with E-state index in [0.717, 1.165) is 16.8 Å². The number of rotatable bonds is 7. The van der Waals surface area contributed by atoms with Crippen LogP contribution in [0.25, 0.3) is 0 Å². The standard InChI is InChI=1S/C23H21ClN2O4S/c24-19-7-5-17(6-8-19)15-25-23(27)16-30-20-9-11-21(12-10-20)31(28,29)26-14-13-18-3-1-2-4-22(18)26/h1-12H,13-16H2,(H,25,27). The van der Waals surface area contributed by atoms with Crippen molar-refractivity contribution in [3.8, 4) is 5.75 Å². The summed E-state index contributed by atoms with van der Waals surface area (Å²) in [5.74, 6) is 0.141. The van der Waals surface area contributed by atoms with Crippen molar-refractivity contribution in [3.05, 3.63) is 88.9 Å². The molecule has 0 spiro atoms. The van der Waals surface area contributed by atoms with Gasteiger partial charge in [-0.25, -0.2) is 8.42 Å². The molecule has 1 heterocycles. The lowest BCUT2D eigenvalue weighted by Gasteiger charge is -2.19. The summed E-state index contributed by atoms with van der Waals surface area (Å²) < 4.78 is 33.0. The van der Waals surface area contributed by atoms with E-state index >= 15 is 0 Å². The number of nitrogens with one attached hydrogen (secondary N) is 1. The molecule has 1 aliphatic heterocycles. The first-order valence-electron chi connectivity index (χ1n) is 9.78. The third-order valence-corrected chi connectivity index (χ3v) is 7.11. The van der Waals surface area contributed by atoms with Gasteiger partial charge < -0.3 is 10.1 Å². The van der Waals surface area contributed by atoms with Crippen molar-refractivity contribution in [3.63, 3.8) is 0 Å². The average molecular weight is 457 g/mol. The summed E-state index contributed by atoms with van der Waals surface area (Å²) in [5, 5.41) is 3.40. The second-order valence-electron chi connectivity index (χ2n) is 7.12. The summed E-state index contributed by atoms with van der Waals surface area (Å²) >= 11 is 5.84. The monoisotopic (exact) mass is 456 g/mol. The van der Waals surface area contributed by atoms with Gasteiger partial charge in [0.1, 0.15) is 5.75 Å². The molecule has 0 radical (unpaired) electrons. The third kappa shape index (κ3) is 4.84. The summed E-state index contributed by atoms with van der Waals surface area (Å²) in [7, 11) is -3.65. The van der Waals surface area contributed by atoms with E-state index < -0.39 is 10.0 Å². The zero-order valence-electron chi connectivity index (χ0n) is 16.6. The lowest BCUT2D eigenvalue weighted by atomic mass is 10.2. The van der Waals surface area contributed by atoms with Crippen molar-refractivity contribution >= 4 is 33.2 Å². The van der Waals surface area contributed by atoms with Crippen molar-refractivity contribution < 1.29 is 17.9 Å². The summed E-state index contributed by atoms with van der Waals surface area (Å²) in [6.07, 6.45) is 0.696. The van der Waals surface area contributed by atoms with E-state index in [4.69, 9.17) is 16.3 Å². The van der Waals surface area contributed by atoms with Crippen LogP contribution in [0.2, 0.25) is 5.02 Å². The normalized spacial score (nSPS) is 13.0. The van der Waals surface area contributed by atoms with E-state index in [1.54, 1.807) is 24.3 Å². The Kier molecular flexibility index (Phi) is 6.15. The molecule has 0 saturated carbocycles. The van der Waals surface area contributed by atoms with Crippen molar-refractivity contribution in [2.75, 3.05) is 17.5 Å². The van der Waals surface area contributed by atoms with Gasteiger partial charge in [0.05, 0.1) is 10.6 Å². The number of anilines is 1. The van der Waals surface area contributed by atoms with Crippen molar-refractivity contribution in [1.82, 2.24) is 5.32 Å². The molecule has 1 amide bonds. The minimum absolute atomic E-state index is 0.167. The highest BCUT2D eigenvalue weighted by Crippen LogP contribution is 2.33. The number of halogens is 1. The van der Waals surface area contributed by atoms with Crippen LogP contribution in [-0.4, -0.2) is 27.5 Å². The van der Waals surface area contributed by atoms with Crippen LogP contribution < -0.4 is 14.4 Å². The third-order valence-electron chi connectivity index (χ3n) is 5.03. The zero-order chi connectivity index (χ0) is 21.8. The highest BCUT2D eigenvalue weighted by Gasteiger charge is 2.30. The predicted octanol–water partition coefficient (Wildman–Crippen LogP) is 3.79. The largest absolute Gasteiger partial charge is 0.484 e. The van der Waals surface area contributed by atoms with Gasteiger partial charge in [0.25, 0.3) is 15.9 Å². The minimum Gasteiger partial charge on any atom is -0.484 e. The van der Waals surface area contributed by atoms with Crippen LogP contribution in [0.1, 0.15) is 11.1 Å². The fourth-order valence-corrected chi connectivity index (χ4v) is 5.02. The van der Waals surface area contributed by atoms with E-state index in [1.165, 1.54) is 16.4 Å². The van der Waals surface area contributed by atoms with E-state index in [-0.39, 0.29) is 17.4 Å². The smallest absolute Gasteiger partial charge is 0.264 e. The number of ether oxygens (including phenoxy) is 1. The molecule has 0 fully saturated rings. The fraction of sp³-hybridized carbons (Fsp3) is 0.174. The number of fused-ring (bicyclic) bond motifs is 1. The summed E-state index contributed by atoms with van der Waals surface area (Å²) in [6.45, 7) is 0.626. The molecule has 0 aliphatic carbocycles. The van der Waals surface area contributed by atoms with Gasteiger partial charge in [0.15, 0.2) is 6.61 Å². The first kappa shape index (κ1) is 21.2. The Morgan fingerprint density at radius 3 is 2.45 bits per heavy atom. The number of benzene rings is 3. The maximum absolute atomic E-state index is 13.0. The molecule has 1 aliphatic rings. The molecule has 4 rings (SSSR count). The molecule has 3 aromatic carbocycles. The molecule has 0 aromatic heterocycles. The quantitative estimate of drug-likeness (QED) is 0.587. The Balaban J connectivity index is 1.34. The number of hydrogen-bond donors (Lipinski definition) is 1. The topological polar surface area (TPSA) is 75.7 Å². The van der Waals surface area contributed by atoms with E-state index in [9.17, 15) is 13.2 Å². The molecule has 1 N–H and O–H groups in total. The second kappa shape index (κ2) is 8.99. The number of sulfonamides is 1. The van der Waals surface area contributed by atoms with Crippen LogP contribution in [0.4, 0.5) is 5.69 Å². The fourth-order valence-electron chi connectivity index (χ4n) is 3.40. The lowest BCUT2D eigenvalue weighted by Crippen LogP contribution is -2.29. The molecule has 8 heteroatoms. The van der Waals surface area contributed by atoms with Gasteiger partial charge in [-0.3, -0.25) is 9.10 Å². The SMILES string of the molecule is O=C(COc1ccc(S(=O)(=O)N2CCc3ccccc32)cc1)NCc1ccc(Cl)cc1. The van der Waals surface area contributed by atoms with Gasteiger partial charge in [0, 0.05) is 18.1 Å². The molecular weight excluding hydrogens is 436 g/mol. The van der Waals surface area contributed by atoms with E-state index in [0.29, 0.717) is 30.3 Å². The Morgan fingerprint density at radius 1 is 1.00 bits per heavy atom. The van der Waals surface area contributed by atoms with Gasteiger partial charge in [-0.2, -0.15) is 0 Å². The van der Waals surface area contributed by atoms with Crippen LogP contribution in [0.3, 0.4) is 0 Å². The molecular formula is C23H21ClN2O4S. The number of para-hydroxylation sites is 1. The predicted molar refractivity (Wildman–Crippen MR) is 120 cm³/mol. The molecule has 0 saturated heterocycles. The highest BCUT2D eigenvalue weighted by atomic mass is 35.5. The van der Waals surface area contributed by atoms with Gasteiger partial charge >= 0.3 is 0 Å². The minimum atomic E-state index is -3.65. The van der Waals surface area contributed by atoms with Crippen LogP contribution in [-0.2, 0) is 27.8 Å². The van der Waals surface area contributed by atoms with Crippen molar-refractivity contribution in [2.45, 2.75) is 17.9 Å². The molecule has 0 unspecified atom stereocenters. The zero-order valence-corrected chi connectivity index (χ0v) is 18.2. The molecule has 160 valence electrons. The van der Waals surface area contributed by atoms with Gasteiger partial charge in [-0.05, 0) is 60.0 Å². The van der Waals surface area contributed by atoms with Crippen LogP contribution in [0, 0.1) is 0 Å². The molecule has 0 bridgehead atoms. The maximum Gasteiger partial charge on any atom is 0.264 e. The number of carbonyl (C=O) groups is 1. The van der Waals surface area contributed by atoms with Gasteiger partial charge in [0.2, 0.25) is 0 Å². The molecule has 31 heavy (non-hydrogen) atoms. The van der Waals surface area contributed by atoms with Gasteiger partial charge in [-0.1, -0.05) is 41.9 Å². The lowest BCUT2D eigenvalue weighted by molar-refractivity contribution is -0.123. The Labute approximate surface area is 186 Å². The van der Waals surface area contributed by atoms with Gasteiger partial charge in [-0.15, -0.1) is 0 Å². The molecule has 3 aromatic rings. The molecule has 0 atom stereocenters. The number of amides is 1. The Hall–Kier alpha value is -3.03. The maximum atomic E-state index is 13.0. The summed E-state index contributed by atoms with van der Waals surface area (Å²) in [4.78, 5) is 12.2. The van der Waals surface area contributed by atoms with Crippen LogP contribution in [0.15, 0.2) is 77.7 Å². The number of hydrogen-bond acceptors (Lipinski definition) is 4. The van der Waals surface area contributed by atoms with Crippen LogP contribution >= 0.6 is 11.6 Å². The van der Waals surface area contributed by atoms with Crippen molar-refractivity contribution in [2.24, 2.45) is 0 Å². The Bertz CT molecular complexity index is 1180.